The number of hydrogen-bond acceptors (Lipinski definition) is 4. The van der Waals surface area contributed by atoms with Gasteiger partial charge in [-0.25, -0.2) is 0 Å². The van der Waals surface area contributed by atoms with Crippen LogP contribution in [0.2, 0.25) is 0 Å². The summed E-state index contributed by atoms with van der Waals surface area (Å²) in [6.07, 6.45) is 0.878. The topological polar surface area (TPSA) is 47.6 Å². The molecule has 0 bridgehead atoms. The van der Waals surface area contributed by atoms with Crippen molar-refractivity contribution in [2.75, 3.05) is 25.5 Å². The highest BCUT2D eigenvalue weighted by molar-refractivity contribution is 7.85. The first-order chi connectivity index (χ1) is 10.1. The molecule has 5 heteroatoms. The molecule has 1 aliphatic rings. The van der Waals surface area contributed by atoms with Crippen LogP contribution in [0.15, 0.2) is 23.1 Å². The lowest BCUT2D eigenvalue weighted by Crippen LogP contribution is -2.38. The minimum atomic E-state index is -1.04. The van der Waals surface area contributed by atoms with Gasteiger partial charge in [0.2, 0.25) is 0 Å². The second kappa shape index (κ2) is 7.80. The van der Waals surface area contributed by atoms with E-state index in [1.807, 2.05) is 18.2 Å². The van der Waals surface area contributed by atoms with Gasteiger partial charge in [-0.1, -0.05) is 20.8 Å². The second-order valence-corrected chi connectivity index (χ2v) is 7.08. The van der Waals surface area contributed by atoms with Crippen LogP contribution in [0.5, 0.6) is 11.5 Å². The van der Waals surface area contributed by atoms with Gasteiger partial charge >= 0.3 is 0 Å². The van der Waals surface area contributed by atoms with Crippen LogP contribution in [0.3, 0.4) is 0 Å². The molecule has 118 valence electrons. The number of hydrogen-bond donors (Lipinski definition) is 1. The Bertz CT molecular complexity index is 490. The maximum atomic E-state index is 12.6. The lowest BCUT2D eigenvalue weighted by atomic mass is 10.1. The SMILES string of the molecule is CCNC(CS(=O)c1ccc2c(c1)OCCCO2)C(C)C. The van der Waals surface area contributed by atoms with Crippen LogP contribution < -0.4 is 14.8 Å². The van der Waals surface area contributed by atoms with E-state index in [0.29, 0.717) is 30.6 Å². The number of benzene rings is 1. The Morgan fingerprint density at radius 2 is 1.95 bits per heavy atom. The molecule has 4 nitrogen and oxygen atoms in total. The normalized spacial score (nSPS) is 17.3. The summed E-state index contributed by atoms with van der Waals surface area (Å²) >= 11 is 0. The molecule has 0 fully saturated rings. The first-order valence-corrected chi connectivity index (χ1v) is 8.95. The van der Waals surface area contributed by atoms with Gasteiger partial charge in [0.15, 0.2) is 11.5 Å². The third kappa shape index (κ3) is 4.45. The number of nitrogens with one attached hydrogen (secondary N) is 1. The molecule has 0 aromatic heterocycles. The molecule has 0 amide bonds. The predicted octanol–water partition coefficient (Wildman–Crippen LogP) is 2.59. The molecule has 0 aliphatic carbocycles. The van der Waals surface area contributed by atoms with Crippen molar-refractivity contribution in [3.05, 3.63) is 18.2 Å². The van der Waals surface area contributed by atoms with Gasteiger partial charge in [-0.2, -0.15) is 0 Å². The molecule has 1 heterocycles. The summed E-state index contributed by atoms with van der Waals surface area (Å²) in [6.45, 7) is 8.59. The summed E-state index contributed by atoms with van der Waals surface area (Å²) in [7, 11) is -1.04. The molecule has 1 aromatic rings. The van der Waals surface area contributed by atoms with Crippen LogP contribution in [0.4, 0.5) is 0 Å². The Hall–Kier alpha value is -1.07. The largest absolute Gasteiger partial charge is 0.490 e. The summed E-state index contributed by atoms with van der Waals surface area (Å²) in [6, 6.07) is 5.87. The molecule has 1 aromatic carbocycles. The van der Waals surface area contributed by atoms with Crippen LogP contribution in [-0.4, -0.2) is 35.8 Å². The van der Waals surface area contributed by atoms with Crippen molar-refractivity contribution in [2.45, 2.75) is 38.1 Å². The molecular weight excluding hydrogens is 286 g/mol. The van der Waals surface area contributed by atoms with Gasteiger partial charge < -0.3 is 14.8 Å². The fourth-order valence-corrected chi connectivity index (χ4v) is 3.77. The molecule has 1 aliphatic heterocycles. The first-order valence-electron chi connectivity index (χ1n) is 7.63. The van der Waals surface area contributed by atoms with Crippen LogP contribution in [0.25, 0.3) is 0 Å². The van der Waals surface area contributed by atoms with Crippen molar-refractivity contribution >= 4 is 10.8 Å². The van der Waals surface area contributed by atoms with Gasteiger partial charge in [-0.05, 0) is 24.6 Å². The van der Waals surface area contributed by atoms with Gasteiger partial charge in [0.25, 0.3) is 0 Å². The Balaban J connectivity index is 2.10. The second-order valence-electron chi connectivity index (χ2n) is 5.58. The molecule has 0 radical (unpaired) electrons. The molecule has 2 atom stereocenters. The van der Waals surface area contributed by atoms with E-state index < -0.39 is 10.8 Å². The van der Waals surface area contributed by atoms with E-state index in [4.69, 9.17) is 9.47 Å². The van der Waals surface area contributed by atoms with Gasteiger partial charge in [0, 0.05) is 29.2 Å². The molecule has 2 rings (SSSR count). The Labute approximate surface area is 129 Å². The summed E-state index contributed by atoms with van der Waals surface area (Å²) in [5.41, 5.74) is 0. The maximum Gasteiger partial charge on any atom is 0.162 e. The number of fused-ring (bicyclic) bond motifs is 1. The average molecular weight is 311 g/mol. The minimum Gasteiger partial charge on any atom is -0.490 e. The van der Waals surface area contributed by atoms with Crippen LogP contribution in [0, 0.1) is 5.92 Å². The average Bonchev–Trinajstić information content (AvgIpc) is 2.70. The highest BCUT2D eigenvalue weighted by Gasteiger charge is 2.18. The molecule has 0 saturated heterocycles. The van der Waals surface area contributed by atoms with Gasteiger partial charge in [0.05, 0.1) is 24.0 Å². The van der Waals surface area contributed by atoms with Gasteiger partial charge in [-0.3, -0.25) is 4.21 Å². The Morgan fingerprint density at radius 1 is 1.24 bits per heavy atom. The van der Waals surface area contributed by atoms with Crippen molar-refractivity contribution in [2.24, 2.45) is 5.92 Å². The third-order valence-corrected chi connectivity index (χ3v) is 5.03. The third-order valence-electron chi connectivity index (χ3n) is 3.58. The van der Waals surface area contributed by atoms with Crippen LogP contribution in [0.1, 0.15) is 27.2 Å². The zero-order valence-electron chi connectivity index (χ0n) is 13.1. The minimum absolute atomic E-state index is 0.256. The number of ether oxygens (including phenoxy) is 2. The summed E-state index contributed by atoms with van der Waals surface area (Å²) in [4.78, 5) is 0.808. The monoisotopic (exact) mass is 311 g/mol. The van der Waals surface area contributed by atoms with Crippen molar-refractivity contribution in [1.82, 2.24) is 5.32 Å². The van der Waals surface area contributed by atoms with E-state index in [0.717, 1.165) is 23.6 Å². The molecular formula is C16H25NO3S. The van der Waals surface area contributed by atoms with Crippen LogP contribution in [-0.2, 0) is 10.8 Å². The van der Waals surface area contributed by atoms with E-state index in [1.165, 1.54) is 0 Å². The standard InChI is InChI=1S/C16H25NO3S/c1-4-17-14(12(2)3)11-21(18)13-6-7-15-16(10-13)20-9-5-8-19-15/h6-7,10,12,14,17H,4-5,8-9,11H2,1-3H3. The summed E-state index contributed by atoms with van der Waals surface area (Å²) < 4.78 is 23.8. The number of rotatable bonds is 6. The highest BCUT2D eigenvalue weighted by Crippen LogP contribution is 2.31. The smallest absolute Gasteiger partial charge is 0.162 e. The summed E-state index contributed by atoms with van der Waals surface area (Å²) in [5.74, 6) is 2.53. The summed E-state index contributed by atoms with van der Waals surface area (Å²) in [5, 5.41) is 3.41. The Morgan fingerprint density at radius 3 is 2.62 bits per heavy atom. The van der Waals surface area contributed by atoms with Gasteiger partial charge in [-0.15, -0.1) is 0 Å². The fraction of sp³-hybridized carbons (Fsp3) is 0.625. The van der Waals surface area contributed by atoms with E-state index in [9.17, 15) is 4.21 Å². The van der Waals surface area contributed by atoms with Crippen molar-refractivity contribution < 1.29 is 13.7 Å². The zero-order chi connectivity index (χ0) is 15.2. The molecule has 1 N–H and O–H groups in total. The predicted molar refractivity (Wildman–Crippen MR) is 85.6 cm³/mol. The van der Waals surface area contributed by atoms with Crippen molar-refractivity contribution in [1.29, 1.82) is 0 Å². The van der Waals surface area contributed by atoms with Crippen molar-refractivity contribution in [3.63, 3.8) is 0 Å². The Kier molecular flexibility index (Phi) is 6.06. The van der Waals surface area contributed by atoms with E-state index in [2.05, 4.69) is 26.1 Å². The molecule has 2 unspecified atom stereocenters. The highest BCUT2D eigenvalue weighted by atomic mass is 32.2. The quantitative estimate of drug-likeness (QED) is 0.877. The fourth-order valence-electron chi connectivity index (χ4n) is 2.29. The van der Waals surface area contributed by atoms with E-state index in [1.54, 1.807) is 0 Å². The zero-order valence-corrected chi connectivity index (χ0v) is 13.9. The van der Waals surface area contributed by atoms with E-state index >= 15 is 0 Å². The molecule has 0 saturated carbocycles. The molecule has 0 spiro atoms. The maximum absolute atomic E-state index is 12.6. The lowest BCUT2D eigenvalue weighted by molar-refractivity contribution is 0.297. The first kappa shape index (κ1) is 16.3. The van der Waals surface area contributed by atoms with Crippen molar-refractivity contribution in [3.8, 4) is 11.5 Å². The lowest BCUT2D eigenvalue weighted by Gasteiger charge is -2.21. The van der Waals surface area contributed by atoms with E-state index in [-0.39, 0.29) is 6.04 Å². The van der Waals surface area contributed by atoms with Crippen LogP contribution >= 0.6 is 0 Å². The van der Waals surface area contributed by atoms with Gasteiger partial charge in [0.1, 0.15) is 0 Å². The molecule has 21 heavy (non-hydrogen) atoms.